The average Bonchev–Trinajstić information content (AvgIpc) is 2.82. The molecule has 0 saturated carbocycles. The molecular weight excluding hydrogens is 232 g/mol. The van der Waals surface area contributed by atoms with Gasteiger partial charge in [0.15, 0.2) is 0 Å². The number of benzene rings is 1. The number of hydrogen-bond acceptors (Lipinski definition) is 2. The Bertz CT molecular complexity index is 563. The van der Waals surface area contributed by atoms with Crippen LogP contribution in [0.1, 0.15) is 24.8 Å². The van der Waals surface area contributed by atoms with Gasteiger partial charge in [-0.2, -0.15) is 0 Å². The van der Waals surface area contributed by atoms with Crippen molar-refractivity contribution in [2.24, 2.45) is 0 Å². The summed E-state index contributed by atoms with van der Waals surface area (Å²) >= 11 is 0. The van der Waals surface area contributed by atoms with Crippen LogP contribution in [0, 0.1) is 6.92 Å². The highest BCUT2D eigenvalue weighted by atomic mass is 32.2. The normalized spacial score (nSPS) is 15.7. The first kappa shape index (κ1) is 12.1. The van der Waals surface area contributed by atoms with E-state index in [4.69, 9.17) is 0 Å². The molecule has 0 saturated heterocycles. The molecule has 0 aromatic heterocycles. The highest BCUT2D eigenvalue weighted by Crippen LogP contribution is 2.30. The fourth-order valence-corrected chi connectivity index (χ4v) is 3.27. The van der Waals surface area contributed by atoms with Crippen LogP contribution < -0.4 is 0 Å². The molecule has 0 unspecified atom stereocenters. The van der Waals surface area contributed by atoms with Crippen LogP contribution in [-0.2, 0) is 9.84 Å². The van der Waals surface area contributed by atoms with Gasteiger partial charge in [0, 0.05) is 0 Å². The monoisotopic (exact) mass is 248 g/mol. The van der Waals surface area contributed by atoms with Crippen LogP contribution in [0.25, 0.3) is 0 Å². The third kappa shape index (κ3) is 2.34. The van der Waals surface area contributed by atoms with Crippen molar-refractivity contribution in [1.82, 2.24) is 0 Å². The van der Waals surface area contributed by atoms with E-state index in [1.165, 1.54) is 0 Å². The Labute approximate surface area is 103 Å². The van der Waals surface area contributed by atoms with Gasteiger partial charge in [-0.1, -0.05) is 30.4 Å². The molecule has 0 fully saturated rings. The second-order valence-electron chi connectivity index (χ2n) is 4.36. The molecule has 0 bridgehead atoms. The molecule has 1 aromatic rings. The first-order chi connectivity index (χ1) is 8.01. The molecule has 90 valence electrons. The van der Waals surface area contributed by atoms with E-state index in [-0.39, 0.29) is 4.91 Å². The second-order valence-corrected chi connectivity index (χ2v) is 6.33. The molecule has 2 rings (SSSR count). The van der Waals surface area contributed by atoms with Gasteiger partial charge >= 0.3 is 0 Å². The van der Waals surface area contributed by atoms with E-state index in [0.29, 0.717) is 4.90 Å². The van der Waals surface area contributed by atoms with Crippen molar-refractivity contribution in [2.75, 3.05) is 0 Å². The van der Waals surface area contributed by atoms with Gasteiger partial charge in [0.1, 0.15) is 0 Å². The minimum absolute atomic E-state index is 0.263. The molecule has 0 radical (unpaired) electrons. The Morgan fingerprint density at radius 2 is 1.88 bits per heavy atom. The van der Waals surface area contributed by atoms with Crippen LogP contribution in [0.2, 0.25) is 0 Å². The van der Waals surface area contributed by atoms with Gasteiger partial charge in [-0.15, -0.1) is 0 Å². The molecule has 0 atom stereocenters. The van der Waals surface area contributed by atoms with E-state index in [0.717, 1.165) is 30.4 Å². The number of aryl methyl sites for hydroxylation is 1. The van der Waals surface area contributed by atoms with Crippen molar-refractivity contribution < 1.29 is 8.42 Å². The summed E-state index contributed by atoms with van der Waals surface area (Å²) in [5.41, 5.74) is 1.93. The van der Waals surface area contributed by atoms with E-state index >= 15 is 0 Å². The van der Waals surface area contributed by atoms with Gasteiger partial charge in [0.05, 0.1) is 9.80 Å². The zero-order valence-corrected chi connectivity index (χ0v) is 10.8. The summed E-state index contributed by atoms with van der Waals surface area (Å²) in [4.78, 5) is 0.597. The fraction of sp³-hybridized carbons (Fsp3) is 0.286. The predicted molar refractivity (Wildman–Crippen MR) is 69.4 cm³/mol. The van der Waals surface area contributed by atoms with Gasteiger partial charge in [-0.25, -0.2) is 8.42 Å². The summed E-state index contributed by atoms with van der Waals surface area (Å²) in [5, 5.41) is 0. The van der Waals surface area contributed by atoms with Gasteiger partial charge in [0.2, 0.25) is 9.84 Å². The summed E-state index contributed by atoms with van der Waals surface area (Å²) in [7, 11) is -3.40. The maximum Gasteiger partial charge on any atom is 0.206 e. The average molecular weight is 248 g/mol. The Balaban J connectivity index is 2.36. The van der Waals surface area contributed by atoms with E-state index in [9.17, 15) is 8.42 Å². The third-order valence-corrected chi connectivity index (χ3v) is 4.86. The van der Waals surface area contributed by atoms with Crippen molar-refractivity contribution in [2.45, 2.75) is 31.1 Å². The molecule has 1 aromatic carbocycles. The lowest BCUT2D eigenvalue weighted by molar-refractivity contribution is 0.602. The van der Waals surface area contributed by atoms with Gasteiger partial charge in [-0.05, 0) is 43.9 Å². The minimum atomic E-state index is -3.40. The second kappa shape index (κ2) is 4.49. The topological polar surface area (TPSA) is 34.1 Å². The molecule has 3 heteroatoms. The molecule has 0 heterocycles. The number of rotatable bonds is 3. The summed E-state index contributed by atoms with van der Waals surface area (Å²) in [6, 6.07) is 6.91. The lowest BCUT2D eigenvalue weighted by atomic mass is 10.2. The van der Waals surface area contributed by atoms with Crippen LogP contribution >= 0.6 is 0 Å². The zero-order chi connectivity index (χ0) is 12.5. The molecule has 1 aliphatic carbocycles. The molecule has 0 aliphatic heterocycles. The Kier molecular flexibility index (Phi) is 3.20. The number of sulfone groups is 1. The summed E-state index contributed by atoms with van der Waals surface area (Å²) in [6.45, 7) is 5.69. The molecule has 0 spiro atoms. The highest BCUT2D eigenvalue weighted by molar-refractivity contribution is 7.95. The Morgan fingerprint density at radius 1 is 1.24 bits per heavy atom. The van der Waals surface area contributed by atoms with E-state index in [1.807, 2.05) is 25.1 Å². The van der Waals surface area contributed by atoms with Gasteiger partial charge < -0.3 is 0 Å². The Morgan fingerprint density at radius 3 is 2.41 bits per heavy atom. The van der Waals surface area contributed by atoms with E-state index in [2.05, 4.69) is 6.58 Å². The maximum absolute atomic E-state index is 12.3. The fourth-order valence-electron chi connectivity index (χ4n) is 1.96. The SMILES string of the molecule is C=C(C1=CCCC1)S(=O)(=O)c1ccc(C)cc1. The van der Waals surface area contributed by atoms with Crippen LogP contribution in [-0.4, -0.2) is 8.42 Å². The van der Waals surface area contributed by atoms with E-state index in [1.54, 1.807) is 12.1 Å². The molecule has 1 aliphatic rings. The minimum Gasteiger partial charge on any atom is -0.219 e. The lowest BCUT2D eigenvalue weighted by Gasteiger charge is -2.08. The summed E-state index contributed by atoms with van der Waals surface area (Å²) < 4.78 is 24.6. The molecule has 2 nitrogen and oxygen atoms in total. The quantitative estimate of drug-likeness (QED) is 0.821. The largest absolute Gasteiger partial charge is 0.219 e. The molecular formula is C14H16O2S. The van der Waals surface area contributed by atoms with Crippen LogP contribution in [0.15, 0.2) is 52.3 Å². The molecule has 0 N–H and O–H groups in total. The maximum atomic E-state index is 12.3. The Hall–Kier alpha value is -1.35. The predicted octanol–water partition coefficient (Wildman–Crippen LogP) is 3.39. The summed E-state index contributed by atoms with van der Waals surface area (Å²) in [5.74, 6) is 0. The van der Waals surface area contributed by atoms with Gasteiger partial charge in [0.25, 0.3) is 0 Å². The molecule has 17 heavy (non-hydrogen) atoms. The first-order valence-electron chi connectivity index (χ1n) is 5.72. The van der Waals surface area contributed by atoms with Crippen molar-refractivity contribution in [3.05, 3.63) is 53.0 Å². The summed E-state index contributed by atoms with van der Waals surface area (Å²) in [6.07, 6.45) is 4.79. The third-order valence-electron chi connectivity index (χ3n) is 3.05. The van der Waals surface area contributed by atoms with Gasteiger partial charge in [-0.3, -0.25) is 0 Å². The first-order valence-corrected chi connectivity index (χ1v) is 7.20. The van der Waals surface area contributed by atoms with Crippen LogP contribution in [0.4, 0.5) is 0 Å². The van der Waals surface area contributed by atoms with E-state index < -0.39 is 9.84 Å². The van der Waals surface area contributed by atoms with Crippen LogP contribution in [0.5, 0.6) is 0 Å². The zero-order valence-electron chi connectivity index (χ0n) is 9.94. The van der Waals surface area contributed by atoms with Crippen LogP contribution in [0.3, 0.4) is 0 Å². The van der Waals surface area contributed by atoms with Crippen molar-refractivity contribution in [1.29, 1.82) is 0 Å². The smallest absolute Gasteiger partial charge is 0.206 e. The van der Waals surface area contributed by atoms with Crippen molar-refractivity contribution in [3.8, 4) is 0 Å². The van der Waals surface area contributed by atoms with Crippen molar-refractivity contribution >= 4 is 9.84 Å². The van der Waals surface area contributed by atoms with Crippen molar-refractivity contribution in [3.63, 3.8) is 0 Å². The molecule has 0 amide bonds. The number of allylic oxidation sites excluding steroid dienone is 2. The lowest BCUT2D eigenvalue weighted by Crippen LogP contribution is -2.05. The number of hydrogen-bond donors (Lipinski definition) is 0. The standard InChI is InChI=1S/C14H16O2S/c1-11-7-9-14(10-8-11)17(15,16)12(2)13-5-3-4-6-13/h5,7-10H,2-4,6H2,1H3. The highest BCUT2D eigenvalue weighted by Gasteiger charge is 2.22.